The van der Waals surface area contributed by atoms with Crippen LogP contribution in [-0.2, 0) is 0 Å². The first-order valence-electron chi connectivity index (χ1n) is 11.0. The molecule has 3 aromatic rings. The molecule has 10 nitrogen and oxygen atoms in total. The van der Waals surface area contributed by atoms with Crippen LogP contribution in [-0.4, -0.2) is 90.3 Å². The van der Waals surface area contributed by atoms with E-state index in [-0.39, 0.29) is 5.91 Å². The number of hydrogen-bond donors (Lipinski definition) is 2. The van der Waals surface area contributed by atoms with Gasteiger partial charge in [0.25, 0.3) is 5.91 Å². The van der Waals surface area contributed by atoms with Crippen molar-refractivity contribution >= 4 is 41.1 Å². The minimum atomic E-state index is -0.00985. The Morgan fingerprint density at radius 1 is 1.06 bits per heavy atom. The topological polar surface area (TPSA) is 105 Å². The predicted molar refractivity (Wildman–Crippen MR) is 135 cm³/mol. The lowest BCUT2D eigenvalue weighted by Crippen LogP contribution is -2.53. The lowest BCUT2D eigenvalue weighted by molar-refractivity contribution is 0.0685. The minimum absolute atomic E-state index is 0.00985. The van der Waals surface area contributed by atoms with Crippen molar-refractivity contribution < 1.29 is 4.79 Å². The maximum atomic E-state index is 13.0. The van der Waals surface area contributed by atoms with Gasteiger partial charge in [0.05, 0.1) is 11.0 Å². The number of piperazine rings is 1. The van der Waals surface area contributed by atoms with Gasteiger partial charge in [-0.25, -0.2) is 9.66 Å². The van der Waals surface area contributed by atoms with Crippen LogP contribution in [0.5, 0.6) is 0 Å². The number of nitrogens with one attached hydrogen (secondary N) is 2. The zero-order chi connectivity index (χ0) is 24.2. The number of hydrogen-bond acceptors (Lipinski definition) is 6. The van der Waals surface area contributed by atoms with Crippen molar-refractivity contribution in [2.75, 3.05) is 52.6 Å². The van der Waals surface area contributed by atoms with E-state index in [2.05, 4.69) is 22.1 Å². The summed E-state index contributed by atoms with van der Waals surface area (Å²) in [4.78, 5) is 27.6. The number of carbonyl (C=O) groups is 1. The Labute approximate surface area is 198 Å². The van der Waals surface area contributed by atoms with E-state index < -0.39 is 0 Å². The summed E-state index contributed by atoms with van der Waals surface area (Å²) in [5.74, 6) is 1.01. The number of aromatic nitrogens is 2. The molecule has 0 spiro atoms. The largest absolute Gasteiger partial charge is 0.349 e. The number of nitrogens with zero attached hydrogens (tertiary/aromatic N) is 7. The number of benzene rings is 2. The first kappa shape index (κ1) is 23.0. The zero-order valence-corrected chi connectivity index (χ0v) is 19.7. The summed E-state index contributed by atoms with van der Waals surface area (Å²) >= 11 is 0. The fraction of sp³-hybridized carbons (Fsp3) is 0.292. The van der Waals surface area contributed by atoms with Gasteiger partial charge in [0.15, 0.2) is 17.3 Å². The maximum Gasteiger partial charge on any atom is 0.253 e. The van der Waals surface area contributed by atoms with Gasteiger partial charge in [0.1, 0.15) is 0 Å². The molecule has 1 amide bonds. The average Bonchev–Trinajstić information content (AvgIpc) is 2.87. The van der Waals surface area contributed by atoms with E-state index in [9.17, 15) is 4.79 Å². The van der Waals surface area contributed by atoms with Crippen LogP contribution in [0.4, 0.5) is 11.5 Å². The third-order valence-electron chi connectivity index (χ3n) is 5.79. The predicted octanol–water partition coefficient (Wildman–Crippen LogP) is 2.03. The molecule has 1 aliphatic heterocycles. The van der Waals surface area contributed by atoms with E-state index in [1.165, 1.54) is 0 Å². The van der Waals surface area contributed by atoms with Gasteiger partial charge in [-0.05, 0) is 36.4 Å². The van der Waals surface area contributed by atoms with Crippen molar-refractivity contribution in [3.8, 4) is 0 Å². The molecule has 0 aliphatic carbocycles. The van der Waals surface area contributed by atoms with Crippen molar-refractivity contribution in [2.45, 2.75) is 0 Å². The zero-order valence-electron chi connectivity index (χ0n) is 19.7. The summed E-state index contributed by atoms with van der Waals surface area (Å²) in [6.45, 7) is 6.15. The molecule has 1 saturated heterocycles. The Morgan fingerprint density at radius 2 is 1.71 bits per heavy atom. The average molecular weight is 460 g/mol. The first-order valence-corrected chi connectivity index (χ1v) is 11.0. The summed E-state index contributed by atoms with van der Waals surface area (Å²) in [6, 6.07) is 15.0. The van der Waals surface area contributed by atoms with Crippen molar-refractivity contribution in [3.63, 3.8) is 0 Å². The van der Waals surface area contributed by atoms with Gasteiger partial charge in [-0.15, -0.1) is 0 Å². The molecule has 1 aromatic heterocycles. The van der Waals surface area contributed by atoms with Crippen molar-refractivity contribution in [1.82, 2.24) is 24.4 Å². The van der Waals surface area contributed by atoms with Gasteiger partial charge >= 0.3 is 0 Å². The monoisotopic (exact) mass is 459 g/mol. The van der Waals surface area contributed by atoms with Crippen LogP contribution in [0.1, 0.15) is 10.4 Å². The smallest absolute Gasteiger partial charge is 0.253 e. The summed E-state index contributed by atoms with van der Waals surface area (Å²) in [5, 5.41) is 15.5. The highest BCUT2D eigenvalue weighted by Gasteiger charge is 2.24. The van der Waals surface area contributed by atoms with Crippen LogP contribution in [0.25, 0.3) is 11.0 Å². The van der Waals surface area contributed by atoms with E-state index in [0.717, 1.165) is 16.7 Å². The normalized spacial score (nSPS) is 14.3. The van der Waals surface area contributed by atoms with Crippen LogP contribution in [0.15, 0.2) is 58.6 Å². The minimum Gasteiger partial charge on any atom is -0.349 e. The molecule has 0 saturated carbocycles. The summed E-state index contributed by atoms with van der Waals surface area (Å²) < 4.78 is 1.65. The number of rotatable bonds is 4. The fourth-order valence-electron chi connectivity index (χ4n) is 3.97. The van der Waals surface area contributed by atoms with Gasteiger partial charge in [-0.1, -0.05) is 12.1 Å². The Kier molecular flexibility index (Phi) is 6.58. The summed E-state index contributed by atoms with van der Waals surface area (Å²) in [6.07, 6.45) is 0. The van der Waals surface area contributed by atoms with Gasteiger partial charge in [-0.3, -0.25) is 15.2 Å². The number of amides is 1. The second-order valence-corrected chi connectivity index (χ2v) is 8.15. The molecule has 2 N–H and O–H groups in total. The SMILES string of the molecule is C=Nn1c(=NC)c(Nc2ccc(C(=O)N3CCN(C(=N)N(C)C)CC3)cc2)nc2ccccc21. The lowest BCUT2D eigenvalue weighted by atomic mass is 10.1. The molecule has 4 rings (SSSR count). The van der Waals surface area contributed by atoms with Gasteiger partial charge in [-0.2, -0.15) is 5.10 Å². The maximum absolute atomic E-state index is 13.0. The molecule has 0 unspecified atom stereocenters. The molecule has 34 heavy (non-hydrogen) atoms. The van der Waals surface area contributed by atoms with Crippen molar-refractivity contribution in [3.05, 3.63) is 59.6 Å². The number of anilines is 2. The first-order chi connectivity index (χ1) is 16.4. The molecule has 10 heteroatoms. The molecule has 0 radical (unpaired) electrons. The Morgan fingerprint density at radius 3 is 2.32 bits per heavy atom. The quantitative estimate of drug-likeness (QED) is 0.459. The summed E-state index contributed by atoms with van der Waals surface area (Å²) in [5.41, 5.74) is 3.53. The third-order valence-corrected chi connectivity index (χ3v) is 5.79. The molecule has 1 fully saturated rings. The molecule has 176 valence electrons. The number of para-hydroxylation sites is 2. The van der Waals surface area contributed by atoms with Crippen LogP contribution >= 0.6 is 0 Å². The molecule has 2 heterocycles. The molecular formula is C24H29N9O. The molecule has 1 aliphatic rings. The molecule has 0 bridgehead atoms. The fourth-order valence-corrected chi connectivity index (χ4v) is 3.97. The standard InChI is InChI=1S/C24H29N9O/c1-26-22-21(29-19-7-5-6-8-20(19)33(22)27-2)28-18-11-9-17(10-12-18)23(34)31-13-15-32(16-14-31)24(25)30(3)4/h5-12,25H,2,13-16H2,1,3-4H3,(H,28,29). The molecule has 0 atom stereocenters. The van der Waals surface area contributed by atoms with E-state index in [1.54, 1.807) is 16.6 Å². The highest BCUT2D eigenvalue weighted by molar-refractivity contribution is 5.95. The number of guanidine groups is 1. The third kappa shape index (κ3) is 4.47. The Hall–Kier alpha value is -4.21. The van der Waals surface area contributed by atoms with Crippen LogP contribution in [0.3, 0.4) is 0 Å². The highest BCUT2D eigenvalue weighted by Crippen LogP contribution is 2.18. The van der Waals surface area contributed by atoms with E-state index in [1.807, 2.05) is 72.4 Å². The number of carbonyl (C=O) groups excluding carboxylic acids is 1. The van der Waals surface area contributed by atoms with Crippen molar-refractivity contribution in [1.29, 1.82) is 5.41 Å². The number of fused-ring (bicyclic) bond motifs is 1. The Bertz CT molecular complexity index is 1290. The van der Waals surface area contributed by atoms with Gasteiger partial charge in [0.2, 0.25) is 0 Å². The van der Waals surface area contributed by atoms with Crippen LogP contribution in [0.2, 0.25) is 0 Å². The van der Waals surface area contributed by atoms with Crippen LogP contribution < -0.4 is 10.8 Å². The van der Waals surface area contributed by atoms with Crippen LogP contribution in [0, 0.1) is 5.41 Å². The van der Waals surface area contributed by atoms with Gasteiger partial charge < -0.3 is 20.0 Å². The second-order valence-electron chi connectivity index (χ2n) is 8.15. The lowest BCUT2D eigenvalue weighted by Gasteiger charge is -2.37. The van der Waals surface area contributed by atoms with E-state index in [4.69, 9.17) is 10.4 Å². The highest BCUT2D eigenvalue weighted by atomic mass is 16.2. The van der Waals surface area contributed by atoms with E-state index >= 15 is 0 Å². The van der Waals surface area contributed by atoms with E-state index in [0.29, 0.717) is 49.0 Å². The summed E-state index contributed by atoms with van der Waals surface area (Å²) in [7, 11) is 5.39. The molecule has 2 aromatic carbocycles. The van der Waals surface area contributed by atoms with Crippen molar-refractivity contribution in [2.24, 2.45) is 10.1 Å². The second kappa shape index (κ2) is 9.74. The van der Waals surface area contributed by atoms with Gasteiger partial charge in [0, 0.05) is 65.3 Å². The Balaban J connectivity index is 1.50. The molecular weight excluding hydrogens is 430 g/mol.